The van der Waals surface area contributed by atoms with Crippen molar-refractivity contribution in [2.45, 2.75) is 65.2 Å². The molecule has 0 fully saturated rings. The SMILES string of the molecule is CCCCCCC(C)CCCC(C(=O)OC)C(=O)OC. The molecule has 0 saturated carbocycles. The fourth-order valence-corrected chi connectivity index (χ4v) is 2.35. The Morgan fingerprint density at radius 2 is 1.40 bits per heavy atom. The van der Waals surface area contributed by atoms with Crippen molar-refractivity contribution >= 4 is 11.9 Å². The molecule has 0 amide bonds. The molecule has 0 rings (SSSR count). The standard InChI is InChI=1S/C16H30O4/c1-5-6-7-8-10-13(2)11-9-12-14(15(17)19-3)16(18)20-4/h13-14H,5-12H2,1-4H3. The smallest absolute Gasteiger partial charge is 0.320 e. The molecule has 0 aliphatic carbocycles. The van der Waals surface area contributed by atoms with Gasteiger partial charge in [-0.3, -0.25) is 9.59 Å². The summed E-state index contributed by atoms with van der Waals surface area (Å²) < 4.78 is 9.29. The number of ether oxygens (including phenoxy) is 2. The van der Waals surface area contributed by atoms with Crippen molar-refractivity contribution in [3.8, 4) is 0 Å². The molecule has 1 unspecified atom stereocenters. The van der Waals surface area contributed by atoms with Crippen LogP contribution in [0.3, 0.4) is 0 Å². The fraction of sp³-hybridized carbons (Fsp3) is 0.875. The number of esters is 2. The molecule has 0 heterocycles. The third-order valence-electron chi connectivity index (χ3n) is 3.71. The Kier molecular flexibility index (Phi) is 11.1. The van der Waals surface area contributed by atoms with E-state index in [4.69, 9.17) is 0 Å². The van der Waals surface area contributed by atoms with Crippen molar-refractivity contribution in [3.63, 3.8) is 0 Å². The van der Waals surface area contributed by atoms with Gasteiger partial charge in [0.25, 0.3) is 0 Å². The van der Waals surface area contributed by atoms with Crippen LogP contribution >= 0.6 is 0 Å². The number of unbranched alkanes of at least 4 members (excludes halogenated alkanes) is 3. The molecular weight excluding hydrogens is 256 g/mol. The number of hydrogen-bond acceptors (Lipinski definition) is 4. The molecule has 0 aromatic carbocycles. The van der Waals surface area contributed by atoms with Crippen LogP contribution in [0.15, 0.2) is 0 Å². The van der Waals surface area contributed by atoms with Crippen LogP contribution in [0, 0.1) is 11.8 Å². The van der Waals surface area contributed by atoms with Gasteiger partial charge in [0.05, 0.1) is 14.2 Å². The molecule has 0 spiro atoms. The largest absolute Gasteiger partial charge is 0.468 e. The quantitative estimate of drug-likeness (QED) is 0.330. The molecule has 0 aromatic heterocycles. The summed E-state index contributed by atoms with van der Waals surface area (Å²) in [5, 5.41) is 0. The monoisotopic (exact) mass is 286 g/mol. The van der Waals surface area contributed by atoms with E-state index in [1.807, 2.05) is 0 Å². The van der Waals surface area contributed by atoms with Crippen molar-refractivity contribution in [3.05, 3.63) is 0 Å². The molecule has 0 N–H and O–H groups in total. The van der Waals surface area contributed by atoms with Crippen molar-refractivity contribution in [1.29, 1.82) is 0 Å². The van der Waals surface area contributed by atoms with E-state index in [0.29, 0.717) is 12.3 Å². The third kappa shape index (κ3) is 8.18. The van der Waals surface area contributed by atoms with Gasteiger partial charge in [-0.15, -0.1) is 0 Å². The van der Waals surface area contributed by atoms with E-state index in [9.17, 15) is 9.59 Å². The second kappa shape index (κ2) is 11.7. The topological polar surface area (TPSA) is 52.6 Å². The maximum atomic E-state index is 11.5. The first-order valence-corrected chi connectivity index (χ1v) is 7.72. The van der Waals surface area contributed by atoms with Gasteiger partial charge in [0.2, 0.25) is 0 Å². The maximum Gasteiger partial charge on any atom is 0.320 e. The van der Waals surface area contributed by atoms with Crippen LogP contribution in [0.4, 0.5) is 0 Å². The summed E-state index contributed by atoms with van der Waals surface area (Å²) in [7, 11) is 2.60. The lowest BCUT2D eigenvalue weighted by Crippen LogP contribution is -2.26. The zero-order chi connectivity index (χ0) is 15.4. The highest BCUT2D eigenvalue weighted by atomic mass is 16.5. The van der Waals surface area contributed by atoms with Crippen LogP contribution in [0.5, 0.6) is 0 Å². The summed E-state index contributed by atoms with van der Waals surface area (Å²) in [4.78, 5) is 23.0. The summed E-state index contributed by atoms with van der Waals surface area (Å²) in [5.74, 6) is -1.11. The maximum absolute atomic E-state index is 11.5. The summed E-state index contributed by atoms with van der Waals surface area (Å²) in [5.41, 5.74) is 0. The Labute approximate surface area is 123 Å². The third-order valence-corrected chi connectivity index (χ3v) is 3.71. The predicted octanol–water partition coefficient (Wildman–Crippen LogP) is 3.73. The van der Waals surface area contributed by atoms with Crippen LogP contribution in [0.1, 0.15) is 65.2 Å². The zero-order valence-electron chi connectivity index (χ0n) is 13.4. The normalized spacial score (nSPS) is 12.2. The molecule has 0 radical (unpaired) electrons. The molecule has 0 aliphatic heterocycles. The van der Waals surface area contributed by atoms with Gasteiger partial charge in [-0.2, -0.15) is 0 Å². The Hall–Kier alpha value is -1.06. The Morgan fingerprint density at radius 3 is 1.90 bits per heavy atom. The van der Waals surface area contributed by atoms with Crippen molar-refractivity contribution in [2.75, 3.05) is 14.2 Å². The molecule has 20 heavy (non-hydrogen) atoms. The highest BCUT2D eigenvalue weighted by molar-refractivity contribution is 5.94. The minimum Gasteiger partial charge on any atom is -0.468 e. The zero-order valence-corrected chi connectivity index (χ0v) is 13.4. The van der Waals surface area contributed by atoms with Crippen LogP contribution in [0.2, 0.25) is 0 Å². The van der Waals surface area contributed by atoms with E-state index >= 15 is 0 Å². The summed E-state index contributed by atoms with van der Waals surface area (Å²) >= 11 is 0. The lowest BCUT2D eigenvalue weighted by Gasteiger charge is -2.14. The van der Waals surface area contributed by atoms with Gasteiger partial charge < -0.3 is 9.47 Å². The van der Waals surface area contributed by atoms with Gasteiger partial charge >= 0.3 is 11.9 Å². The first kappa shape index (κ1) is 18.9. The van der Waals surface area contributed by atoms with Gasteiger partial charge in [0.1, 0.15) is 0 Å². The highest BCUT2D eigenvalue weighted by Gasteiger charge is 2.27. The van der Waals surface area contributed by atoms with Crippen molar-refractivity contribution < 1.29 is 19.1 Å². The first-order valence-electron chi connectivity index (χ1n) is 7.72. The van der Waals surface area contributed by atoms with Gasteiger partial charge in [0.15, 0.2) is 5.92 Å². The Bertz CT molecular complexity index is 260. The number of carbonyl (C=O) groups excluding carboxylic acids is 2. The van der Waals surface area contributed by atoms with Crippen molar-refractivity contribution in [2.24, 2.45) is 11.8 Å². The molecule has 4 nitrogen and oxygen atoms in total. The number of rotatable bonds is 11. The Balaban J connectivity index is 3.92. The van der Waals surface area contributed by atoms with Gasteiger partial charge in [0, 0.05) is 0 Å². The van der Waals surface area contributed by atoms with Gasteiger partial charge in [-0.05, 0) is 12.3 Å². The van der Waals surface area contributed by atoms with Gasteiger partial charge in [-0.25, -0.2) is 0 Å². The minimum atomic E-state index is -0.766. The lowest BCUT2D eigenvalue weighted by molar-refractivity contribution is -0.159. The molecule has 0 bridgehead atoms. The summed E-state index contributed by atoms with van der Waals surface area (Å²) in [6.07, 6.45) is 8.76. The molecular formula is C16H30O4. The van der Waals surface area contributed by atoms with Crippen LogP contribution in [-0.2, 0) is 19.1 Å². The van der Waals surface area contributed by atoms with E-state index in [1.165, 1.54) is 46.3 Å². The molecule has 118 valence electrons. The number of carbonyl (C=O) groups is 2. The van der Waals surface area contributed by atoms with Crippen LogP contribution in [0.25, 0.3) is 0 Å². The average Bonchev–Trinajstić information content (AvgIpc) is 2.46. The first-order chi connectivity index (χ1) is 9.56. The molecule has 0 aliphatic rings. The highest BCUT2D eigenvalue weighted by Crippen LogP contribution is 2.19. The molecule has 1 atom stereocenters. The van der Waals surface area contributed by atoms with E-state index in [1.54, 1.807) is 0 Å². The van der Waals surface area contributed by atoms with Gasteiger partial charge in [-0.1, -0.05) is 58.8 Å². The molecule has 0 aromatic rings. The second-order valence-electron chi connectivity index (χ2n) is 5.48. The predicted molar refractivity (Wildman–Crippen MR) is 79.3 cm³/mol. The average molecular weight is 286 g/mol. The Morgan fingerprint density at radius 1 is 0.850 bits per heavy atom. The number of methoxy groups -OCH3 is 2. The van der Waals surface area contributed by atoms with Crippen molar-refractivity contribution in [1.82, 2.24) is 0 Å². The van der Waals surface area contributed by atoms with E-state index < -0.39 is 17.9 Å². The lowest BCUT2D eigenvalue weighted by atomic mass is 9.94. The van der Waals surface area contributed by atoms with Crippen LogP contribution in [-0.4, -0.2) is 26.2 Å². The molecule has 0 saturated heterocycles. The van der Waals surface area contributed by atoms with E-state index in [2.05, 4.69) is 23.3 Å². The van der Waals surface area contributed by atoms with Crippen LogP contribution < -0.4 is 0 Å². The van der Waals surface area contributed by atoms with E-state index in [0.717, 1.165) is 12.8 Å². The minimum absolute atomic E-state index is 0.493. The molecule has 4 heteroatoms. The fourth-order valence-electron chi connectivity index (χ4n) is 2.35. The summed E-state index contributed by atoms with van der Waals surface area (Å²) in [6.45, 7) is 4.44. The summed E-state index contributed by atoms with van der Waals surface area (Å²) in [6, 6.07) is 0. The van der Waals surface area contributed by atoms with E-state index in [-0.39, 0.29) is 0 Å². The second-order valence-corrected chi connectivity index (χ2v) is 5.48. The number of hydrogen-bond donors (Lipinski definition) is 0.